The van der Waals surface area contributed by atoms with Crippen LogP contribution in [0.4, 0.5) is 4.39 Å². The van der Waals surface area contributed by atoms with E-state index in [1.807, 2.05) is 13.1 Å². The van der Waals surface area contributed by atoms with E-state index in [1.165, 1.54) is 4.88 Å². The lowest BCUT2D eigenvalue weighted by molar-refractivity contribution is 0.580. The highest BCUT2D eigenvalue weighted by atomic mass is 35.5. The monoisotopic (exact) mass is 283 g/mol. The van der Waals surface area contributed by atoms with Crippen molar-refractivity contribution in [3.8, 4) is 0 Å². The third-order valence-electron chi connectivity index (χ3n) is 2.90. The third-order valence-corrected chi connectivity index (χ3v) is 4.48. The SMILES string of the molecule is CCc1ccc(C(NC)c2cccc(Cl)c2F)s1. The zero-order chi connectivity index (χ0) is 13.1. The second-order valence-corrected chi connectivity index (χ2v) is 5.63. The van der Waals surface area contributed by atoms with Crippen LogP contribution in [0.15, 0.2) is 30.3 Å². The maximum absolute atomic E-state index is 14.0. The Morgan fingerprint density at radius 2 is 2.11 bits per heavy atom. The topological polar surface area (TPSA) is 12.0 Å². The van der Waals surface area contributed by atoms with Crippen LogP contribution in [-0.2, 0) is 6.42 Å². The molecule has 0 aliphatic carbocycles. The second kappa shape index (κ2) is 5.83. The van der Waals surface area contributed by atoms with Crippen LogP contribution in [0.25, 0.3) is 0 Å². The van der Waals surface area contributed by atoms with Crippen molar-refractivity contribution in [2.24, 2.45) is 0 Å². The van der Waals surface area contributed by atoms with Gasteiger partial charge in [0.15, 0.2) is 0 Å². The van der Waals surface area contributed by atoms with E-state index < -0.39 is 0 Å². The van der Waals surface area contributed by atoms with Gasteiger partial charge in [-0.15, -0.1) is 11.3 Å². The predicted octanol–water partition coefficient (Wildman–Crippen LogP) is 4.41. The highest BCUT2D eigenvalue weighted by molar-refractivity contribution is 7.12. The summed E-state index contributed by atoms with van der Waals surface area (Å²) < 4.78 is 14.0. The molecular weight excluding hydrogens is 269 g/mol. The van der Waals surface area contributed by atoms with E-state index in [-0.39, 0.29) is 16.9 Å². The molecule has 0 saturated heterocycles. The number of thiophene rings is 1. The summed E-state index contributed by atoms with van der Waals surface area (Å²) in [5.74, 6) is -0.343. The smallest absolute Gasteiger partial charge is 0.146 e. The normalized spacial score (nSPS) is 12.7. The summed E-state index contributed by atoms with van der Waals surface area (Å²) in [6.45, 7) is 2.12. The van der Waals surface area contributed by atoms with E-state index in [4.69, 9.17) is 11.6 Å². The summed E-state index contributed by atoms with van der Waals surface area (Å²) in [4.78, 5) is 2.41. The summed E-state index contributed by atoms with van der Waals surface area (Å²) >= 11 is 7.54. The molecule has 1 nitrogen and oxygen atoms in total. The van der Waals surface area contributed by atoms with E-state index in [0.717, 1.165) is 11.3 Å². The predicted molar refractivity (Wildman–Crippen MR) is 76.0 cm³/mol. The Kier molecular flexibility index (Phi) is 4.38. The van der Waals surface area contributed by atoms with Gasteiger partial charge in [0.1, 0.15) is 5.82 Å². The highest BCUT2D eigenvalue weighted by Crippen LogP contribution is 2.32. The van der Waals surface area contributed by atoms with Gasteiger partial charge in [0.2, 0.25) is 0 Å². The van der Waals surface area contributed by atoms with Crippen LogP contribution < -0.4 is 5.32 Å². The van der Waals surface area contributed by atoms with Gasteiger partial charge in [0, 0.05) is 15.3 Å². The number of hydrogen-bond donors (Lipinski definition) is 1. The molecule has 0 bridgehead atoms. The summed E-state index contributed by atoms with van der Waals surface area (Å²) in [7, 11) is 1.83. The maximum atomic E-state index is 14.0. The van der Waals surface area contributed by atoms with Gasteiger partial charge in [0.05, 0.1) is 11.1 Å². The lowest BCUT2D eigenvalue weighted by atomic mass is 10.0. The molecule has 1 aromatic carbocycles. The van der Waals surface area contributed by atoms with Gasteiger partial charge >= 0.3 is 0 Å². The molecule has 0 radical (unpaired) electrons. The molecule has 0 amide bonds. The molecule has 1 heterocycles. The Morgan fingerprint density at radius 1 is 1.33 bits per heavy atom. The van der Waals surface area contributed by atoms with Crippen LogP contribution in [0.1, 0.15) is 28.3 Å². The first kappa shape index (κ1) is 13.5. The Morgan fingerprint density at radius 3 is 2.72 bits per heavy atom. The molecule has 1 unspecified atom stereocenters. The standard InChI is InChI=1S/C14H15ClFNS/c1-3-9-7-8-12(18-9)14(17-2)10-5-4-6-11(15)13(10)16/h4-8,14,17H,3H2,1-2H3. The quantitative estimate of drug-likeness (QED) is 0.876. The van der Waals surface area contributed by atoms with Gasteiger partial charge in [0.25, 0.3) is 0 Å². The number of rotatable bonds is 4. The van der Waals surface area contributed by atoms with Crippen LogP contribution in [0.3, 0.4) is 0 Å². The van der Waals surface area contributed by atoms with Crippen molar-refractivity contribution in [2.45, 2.75) is 19.4 Å². The van der Waals surface area contributed by atoms with Crippen molar-refractivity contribution in [3.05, 3.63) is 56.5 Å². The molecule has 96 valence electrons. The van der Waals surface area contributed by atoms with Crippen molar-refractivity contribution < 1.29 is 4.39 Å². The van der Waals surface area contributed by atoms with Crippen molar-refractivity contribution in [2.75, 3.05) is 7.05 Å². The first-order valence-corrected chi connectivity index (χ1v) is 7.06. The van der Waals surface area contributed by atoms with Crippen molar-refractivity contribution in [3.63, 3.8) is 0 Å². The molecule has 1 aromatic heterocycles. The van der Waals surface area contributed by atoms with E-state index in [2.05, 4.69) is 18.3 Å². The van der Waals surface area contributed by atoms with Crippen LogP contribution >= 0.6 is 22.9 Å². The van der Waals surface area contributed by atoms with Crippen LogP contribution in [-0.4, -0.2) is 7.05 Å². The number of hydrogen-bond acceptors (Lipinski definition) is 2. The molecule has 0 aliphatic heterocycles. The Labute approximate surface area is 116 Å². The number of halogens is 2. The van der Waals surface area contributed by atoms with Crippen molar-refractivity contribution in [1.29, 1.82) is 0 Å². The molecule has 4 heteroatoms. The zero-order valence-corrected chi connectivity index (χ0v) is 11.9. The third kappa shape index (κ3) is 2.58. The van der Waals surface area contributed by atoms with Gasteiger partial charge < -0.3 is 5.32 Å². The minimum absolute atomic E-state index is 0.144. The average molecular weight is 284 g/mol. The van der Waals surface area contributed by atoms with Gasteiger partial charge in [-0.1, -0.05) is 30.7 Å². The van der Waals surface area contributed by atoms with Crippen LogP contribution in [0.5, 0.6) is 0 Å². The average Bonchev–Trinajstić information content (AvgIpc) is 2.84. The van der Waals surface area contributed by atoms with Crippen LogP contribution in [0.2, 0.25) is 5.02 Å². The van der Waals surface area contributed by atoms with Gasteiger partial charge in [-0.2, -0.15) is 0 Å². The zero-order valence-electron chi connectivity index (χ0n) is 10.3. The van der Waals surface area contributed by atoms with E-state index in [1.54, 1.807) is 29.5 Å². The largest absolute Gasteiger partial charge is 0.309 e. The first-order chi connectivity index (χ1) is 8.67. The molecule has 2 aromatic rings. The first-order valence-electron chi connectivity index (χ1n) is 5.87. The number of aryl methyl sites for hydroxylation is 1. The minimum atomic E-state index is -0.343. The lowest BCUT2D eigenvalue weighted by Gasteiger charge is -2.16. The highest BCUT2D eigenvalue weighted by Gasteiger charge is 2.19. The molecule has 2 rings (SSSR count). The molecule has 18 heavy (non-hydrogen) atoms. The molecular formula is C14H15ClFNS. The second-order valence-electron chi connectivity index (χ2n) is 4.02. The van der Waals surface area contributed by atoms with E-state index >= 15 is 0 Å². The van der Waals surface area contributed by atoms with Crippen molar-refractivity contribution in [1.82, 2.24) is 5.32 Å². The summed E-state index contributed by atoms with van der Waals surface area (Å²) in [5, 5.41) is 3.32. The fourth-order valence-electron chi connectivity index (χ4n) is 1.93. The van der Waals surface area contributed by atoms with Crippen molar-refractivity contribution >= 4 is 22.9 Å². The fourth-order valence-corrected chi connectivity index (χ4v) is 3.20. The van der Waals surface area contributed by atoms with E-state index in [0.29, 0.717) is 5.56 Å². The maximum Gasteiger partial charge on any atom is 0.146 e. The Hall–Kier alpha value is -0.900. The molecule has 1 N–H and O–H groups in total. The molecule has 0 spiro atoms. The fraction of sp³-hybridized carbons (Fsp3) is 0.286. The summed E-state index contributed by atoms with van der Waals surface area (Å²) in [5.41, 5.74) is 0.592. The number of benzene rings is 1. The minimum Gasteiger partial charge on any atom is -0.309 e. The molecule has 0 saturated carbocycles. The number of nitrogens with one attached hydrogen (secondary N) is 1. The Balaban J connectivity index is 2.41. The van der Waals surface area contributed by atoms with Gasteiger partial charge in [-0.3, -0.25) is 0 Å². The summed E-state index contributed by atoms with van der Waals surface area (Å²) in [6, 6.07) is 9.11. The summed E-state index contributed by atoms with van der Waals surface area (Å²) in [6.07, 6.45) is 0.999. The van der Waals surface area contributed by atoms with Crippen LogP contribution in [0, 0.1) is 5.82 Å². The Bertz CT molecular complexity index is 538. The molecule has 0 aliphatic rings. The van der Waals surface area contributed by atoms with Gasteiger partial charge in [-0.05, 0) is 31.7 Å². The van der Waals surface area contributed by atoms with Gasteiger partial charge in [-0.25, -0.2) is 4.39 Å². The lowest BCUT2D eigenvalue weighted by Crippen LogP contribution is -2.17. The molecule has 1 atom stereocenters. The molecule has 0 fully saturated rings. The van der Waals surface area contributed by atoms with E-state index in [9.17, 15) is 4.39 Å².